The molecule has 1 heterocycles. The van der Waals surface area contributed by atoms with E-state index in [4.69, 9.17) is 0 Å². The molecular weight excluding hydrogens is 537 g/mol. The van der Waals surface area contributed by atoms with Gasteiger partial charge < -0.3 is 20.7 Å². The molecular formula is C28H28F5N3O4. The number of fused-ring (bicyclic) bond motifs is 3. The van der Waals surface area contributed by atoms with E-state index in [2.05, 4.69) is 15.6 Å². The lowest BCUT2D eigenvalue weighted by molar-refractivity contribution is -0.149. The number of rotatable bonds is 8. The summed E-state index contributed by atoms with van der Waals surface area (Å²) >= 11 is 0. The van der Waals surface area contributed by atoms with Crippen molar-refractivity contribution in [1.29, 1.82) is 0 Å². The molecule has 2 amide bonds. The summed E-state index contributed by atoms with van der Waals surface area (Å²) < 4.78 is 68.8. The van der Waals surface area contributed by atoms with Crippen molar-refractivity contribution in [2.45, 2.75) is 63.7 Å². The molecule has 12 heteroatoms. The van der Waals surface area contributed by atoms with Crippen molar-refractivity contribution in [3.05, 3.63) is 70.4 Å². The second-order valence-electron chi connectivity index (χ2n) is 10.2. The van der Waals surface area contributed by atoms with Crippen LogP contribution in [-0.4, -0.2) is 39.5 Å². The number of para-hydroxylation sites is 1. The van der Waals surface area contributed by atoms with Gasteiger partial charge in [0.2, 0.25) is 11.8 Å². The number of carboxylic acid groups (broad SMARTS) is 1. The van der Waals surface area contributed by atoms with Gasteiger partial charge >= 0.3 is 12.1 Å². The maximum absolute atomic E-state index is 14.0. The molecule has 0 aliphatic heterocycles. The molecule has 40 heavy (non-hydrogen) atoms. The molecule has 3 aromatic rings. The third-order valence-corrected chi connectivity index (χ3v) is 7.60. The molecule has 4 rings (SSSR count). The Morgan fingerprint density at radius 3 is 2.35 bits per heavy atom. The molecule has 0 radical (unpaired) electrons. The average Bonchev–Trinajstić information content (AvgIpc) is 3.26. The first-order valence-corrected chi connectivity index (χ1v) is 12.7. The normalized spacial score (nSPS) is 18.6. The van der Waals surface area contributed by atoms with Gasteiger partial charge in [-0.05, 0) is 42.5 Å². The van der Waals surface area contributed by atoms with Gasteiger partial charge in [0.25, 0.3) is 0 Å². The number of aromatic nitrogens is 1. The van der Waals surface area contributed by atoms with Gasteiger partial charge in [-0.2, -0.15) is 13.2 Å². The molecule has 1 unspecified atom stereocenters. The van der Waals surface area contributed by atoms with E-state index in [1.165, 1.54) is 12.1 Å². The second kappa shape index (κ2) is 10.9. The van der Waals surface area contributed by atoms with Crippen LogP contribution in [0.25, 0.3) is 10.9 Å². The Balaban J connectivity index is 1.61. The summed E-state index contributed by atoms with van der Waals surface area (Å²) in [6.07, 6.45) is -5.25. The Labute approximate surface area is 226 Å². The van der Waals surface area contributed by atoms with Crippen LogP contribution in [0.5, 0.6) is 0 Å². The number of aryl methyl sites for hydroxylation is 1. The van der Waals surface area contributed by atoms with Gasteiger partial charge in [0.05, 0.1) is 17.5 Å². The second-order valence-corrected chi connectivity index (χ2v) is 10.2. The molecule has 0 saturated heterocycles. The molecule has 214 valence electrons. The number of aromatic amines is 1. The van der Waals surface area contributed by atoms with Gasteiger partial charge in [0.15, 0.2) is 0 Å². The molecule has 1 aromatic heterocycles. The zero-order chi connectivity index (χ0) is 29.4. The van der Waals surface area contributed by atoms with Gasteiger partial charge in [-0.3, -0.25) is 9.59 Å². The number of alkyl halides is 3. The topological polar surface area (TPSA) is 111 Å². The van der Waals surface area contributed by atoms with E-state index in [1.807, 2.05) is 0 Å². The maximum Gasteiger partial charge on any atom is 0.418 e. The van der Waals surface area contributed by atoms with E-state index in [9.17, 15) is 41.4 Å². The SMILES string of the molecule is CCC(C)[C@H](NC(=O)Cc1c(F)cccc1F)C(=O)N[C@]1(C(=O)O)CCc2[nH]c3c(C(F)(F)F)cccc3c2C1. The number of hydrogen-bond donors (Lipinski definition) is 4. The minimum absolute atomic E-state index is 0.0564. The third kappa shape index (κ3) is 5.52. The molecule has 0 bridgehead atoms. The number of amides is 2. The highest BCUT2D eigenvalue weighted by molar-refractivity contribution is 5.95. The summed E-state index contributed by atoms with van der Waals surface area (Å²) in [4.78, 5) is 41.5. The Morgan fingerprint density at radius 2 is 1.75 bits per heavy atom. The number of H-pyrrole nitrogens is 1. The lowest BCUT2D eigenvalue weighted by Gasteiger charge is -2.36. The van der Waals surface area contributed by atoms with Crippen molar-refractivity contribution in [1.82, 2.24) is 15.6 Å². The van der Waals surface area contributed by atoms with E-state index in [0.717, 1.165) is 24.3 Å². The van der Waals surface area contributed by atoms with Gasteiger partial charge in [0, 0.05) is 23.1 Å². The van der Waals surface area contributed by atoms with Crippen molar-refractivity contribution in [2.24, 2.45) is 5.92 Å². The summed E-state index contributed by atoms with van der Waals surface area (Å²) in [6.45, 7) is 3.40. The molecule has 0 saturated carbocycles. The van der Waals surface area contributed by atoms with E-state index in [0.29, 0.717) is 17.7 Å². The van der Waals surface area contributed by atoms with Crippen LogP contribution in [0.4, 0.5) is 22.0 Å². The maximum atomic E-state index is 14.0. The van der Waals surface area contributed by atoms with Crippen molar-refractivity contribution in [3.63, 3.8) is 0 Å². The van der Waals surface area contributed by atoms with Gasteiger partial charge in [-0.25, -0.2) is 13.6 Å². The minimum atomic E-state index is -4.63. The number of carbonyl (C=O) groups excluding carboxylic acids is 2. The zero-order valence-corrected chi connectivity index (χ0v) is 21.7. The van der Waals surface area contributed by atoms with E-state index in [-0.39, 0.29) is 30.2 Å². The van der Waals surface area contributed by atoms with Crippen molar-refractivity contribution in [2.75, 3.05) is 0 Å². The molecule has 7 nitrogen and oxygen atoms in total. The molecule has 1 aliphatic carbocycles. The highest BCUT2D eigenvalue weighted by atomic mass is 19.4. The predicted molar refractivity (Wildman–Crippen MR) is 135 cm³/mol. The van der Waals surface area contributed by atoms with Crippen LogP contribution >= 0.6 is 0 Å². The van der Waals surface area contributed by atoms with Crippen LogP contribution in [-0.2, 0) is 39.8 Å². The lowest BCUT2D eigenvalue weighted by atomic mass is 9.79. The highest BCUT2D eigenvalue weighted by Gasteiger charge is 2.46. The first-order chi connectivity index (χ1) is 18.8. The Bertz CT molecular complexity index is 1450. The average molecular weight is 566 g/mol. The summed E-state index contributed by atoms with van der Waals surface area (Å²) in [5.41, 5.74) is -2.55. The van der Waals surface area contributed by atoms with Crippen LogP contribution in [0, 0.1) is 17.6 Å². The molecule has 0 fully saturated rings. The summed E-state index contributed by atoms with van der Waals surface area (Å²) in [7, 11) is 0. The molecule has 1 aliphatic rings. The van der Waals surface area contributed by atoms with E-state index in [1.54, 1.807) is 13.8 Å². The van der Waals surface area contributed by atoms with Crippen LogP contribution < -0.4 is 10.6 Å². The quantitative estimate of drug-likeness (QED) is 0.298. The number of carboxylic acids is 1. The Morgan fingerprint density at radius 1 is 1.10 bits per heavy atom. The van der Waals surface area contributed by atoms with Gasteiger partial charge in [-0.1, -0.05) is 38.5 Å². The number of halogens is 5. The standard InChI is InChI=1S/C28H28F5N3O4/c1-3-14(2)23(35-22(37)12-16-19(29)8-5-9-20(16)30)25(38)36-27(26(39)40)11-10-21-17(13-27)15-6-4-7-18(24(15)34-21)28(31,32)33/h4-9,14,23,34H,3,10-13H2,1-2H3,(H,35,37)(H,36,38)(H,39,40)/t14?,23-,27+/m0/s1. The summed E-state index contributed by atoms with van der Waals surface area (Å²) in [6, 6.07) is 5.56. The van der Waals surface area contributed by atoms with Crippen LogP contribution in [0.2, 0.25) is 0 Å². The van der Waals surface area contributed by atoms with Gasteiger partial charge in [-0.15, -0.1) is 0 Å². The Kier molecular flexibility index (Phi) is 7.91. The fraction of sp³-hybridized carbons (Fsp3) is 0.393. The highest BCUT2D eigenvalue weighted by Crippen LogP contribution is 2.40. The first-order valence-electron chi connectivity index (χ1n) is 12.7. The smallest absolute Gasteiger partial charge is 0.418 e. The fourth-order valence-electron chi connectivity index (χ4n) is 5.15. The van der Waals surface area contributed by atoms with E-state index >= 15 is 0 Å². The molecule has 2 aromatic carbocycles. The third-order valence-electron chi connectivity index (χ3n) is 7.60. The molecule has 3 atom stereocenters. The minimum Gasteiger partial charge on any atom is -0.479 e. The molecule has 4 N–H and O–H groups in total. The van der Waals surface area contributed by atoms with Crippen LogP contribution in [0.3, 0.4) is 0 Å². The van der Waals surface area contributed by atoms with Crippen molar-refractivity contribution in [3.8, 4) is 0 Å². The predicted octanol–water partition coefficient (Wildman–Crippen LogP) is 4.67. The lowest BCUT2D eigenvalue weighted by Crippen LogP contribution is -2.62. The monoisotopic (exact) mass is 565 g/mol. The van der Waals surface area contributed by atoms with Crippen molar-refractivity contribution < 1.29 is 41.4 Å². The summed E-state index contributed by atoms with van der Waals surface area (Å²) in [5.74, 6) is -5.36. The number of hydrogen-bond acceptors (Lipinski definition) is 3. The van der Waals surface area contributed by atoms with Gasteiger partial charge in [0.1, 0.15) is 23.2 Å². The largest absolute Gasteiger partial charge is 0.479 e. The Hall–Kier alpha value is -3.96. The number of nitrogens with one attached hydrogen (secondary N) is 3. The van der Waals surface area contributed by atoms with Crippen molar-refractivity contribution >= 4 is 28.7 Å². The first kappa shape index (κ1) is 29.0. The number of benzene rings is 2. The van der Waals surface area contributed by atoms with E-state index < -0.39 is 70.6 Å². The summed E-state index contributed by atoms with van der Waals surface area (Å²) in [5, 5.41) is 15.4. The van der Waals surface area contributed by atoms with Crippen LogP contribution in [0.1, 0.15) is 49.1 Å². The van der Waals surface area contributed by atoms with Crippen LogP contribution in [0.15, 0.2) is 36.4 Å². The fourth-order valence-corrected chi connectivity index (χ4v) is 5.15. The number of aliphatic carboxylic acids is 1. The number of carbonyl (C=O) groups is 3. The molecule has 0 spiro atoms. The zero-order valence-electron chi connectivity index (χ0n) is 21.7.